The smallest absolute Gasteiger partial charge is 0.333 e. The van der Waals surface area contributed by atoms with Gasteiger partial charge >= 0.3 is 17.9 Å². The van der Waals surface area contributed by atoms with Gasteiger partial charge in [-0.05, 0) is 32.3 Å². The summed E-state index contributed by atoms with van der Waals surface area (Å²) < 4.78 is 4.76. The van der Waals surface area contributed by atoms with Gasteiger partial charge in [0.2, 0.25) is 0 Å². The Balaban J connectivity index is 2.91. The summed E-state index contributed by atoms with van der Waals surface area (Å²) in [5, 5.41) is 19.1. The van der Waals surface area contributed by atoms with Crippen molar-refractivity contribution in [3.63, 3.8) is 0 Å². The molecular weight excluding hydrogens is 420 g/mol. The van der Waals surface area contributed by atoms with Gasteiger partial charge in [-0.15, -0.1) is 0 Å². The highest BCUT2D eigenvalue weighted by atomic mass is 16.6. The van der Waals surface area contributed by atoms with Gasteiger partial charge in [-0.3, -0.25) is 9.79 Å². The van der Waals surface area contributed by atoms with Crippen LogP contribution in [-0.2, 0) is 25.5 Å². The van der Waals surface area contributed by atoms with E-state index in [0.717, 1.165) is 5.56 Å². The molecule has 0 aromatic heterocycles. The maximum absolute atomic E-state index is 12.5. The topological polar surface area (TPSA) is 215 Å². The Morgan fingerprint density at radius 3 is 2.34 bits per heavy atom. The van der Waals surface area contributed by atoms with E-state index in [0.29, 0.717) is 6.42 Å². The van der Waals surface area contributed by atoms with Crippen molar-refractivity contribution in [2.75, 3.05) is 6.54 Å². The lowest BCUT2D eigenvalue weighted by molar-refractivity contribution is -0.164. The predicted octanol–water partition coefficient (Wildman–Crippen LogP) is -1.63. The number of carboxylic acid groups (broad SMARTS) is 1. The van der Waals surface area contributed by atoms with Crippen LogP contribution in [0.25, 0.3) is 0 Å². The first kappa shape index (κ1) is 27.0. The van der Waals surface area contributed by atoms with Crippen LogP contribution in [0.2, 0.25) is 0 Å². The maximum Gasteiger partial charge on any atom is 0.333 e. The molecule has 0 unspecified atom stereocenters. The summed E-state index contributed by atoms with van der Waals surface area (Å²) in [6.45, 7) is 2.94. The lowest BCUT2D eigenvalue weighted by atomic mass is 9.93. The average Bonchev–Trinajstić information content (AvgIpc) is 2.72. The summed E-state index contributed by atoms with van der Waals surface area (Å²) in [6.07, 6.45) is -0.674. The number of nitrogens with two attached hydrogens (primary N) is 3. The number of benzene rings is 1. The second-order valence-electron chi connectivity index (χ2n) is 7.58. The third-order valence-corrected chi connectivity index (χ3v) is 4.62. The number of nitrogens with one attached hydrogen (secondary N) is 2. The van der Waals surface area contributed by atoms with E-state index in [1.54, 1.807) is 24.3 Å². The predicted molar refractivity (Wildman–Crippen MR) is 117 cm³/mol. The van der Waals surface area contributed by atoms with Crippen molar-refractivity contribution in [2.45, 2.75) is 56.8 Å². The molecule has 0 saturated heterocycles. The molecule has 12 nitrogen and oxygen atoms in total. The number of ether oxygens (including phenoxy) is 1. The number of rotatable bonds is 13. The van der Waals surface area contributed by atoms with E-state index in [1.165, 1.54) is 13.8 Å². The van der Waals surface area contributed by atoms with Gasteiger partial charge in [0.1, 0.15) is 17.6 Å². The molecule has 12 heteroatoms. The van der Waals surface area contributed by atoms with E-state index >= 15 is 0 Å². The van der Waals surface area contributed by atoms with E-state index in [2.05, 4.69) is 15.8 Å². The first-order valence-electron chi connectivity index (χ1n) is 10.0. The molecule has 10 N–H and O–H groups in total. The minimum Gasteiger partial charge on any atom is -0.480 e. The van der Waals surface area contributed by atoms with Gasteiger partial charge < -0.3 is 32.2 Å². The van der Waals surface area contributed by atoms with Crippen molar-refractivity contribution < 1.29 is 29.3 Å². The minimum absolute atomic E-state index is 0.109. The third-order valence-electron chi connectivity index (χ3n) is 4.62. The number of carboxylic acids is 1. The summed E-state index contributed by atoms with van der Waals surface area (Å²) in [5.41, 5.74) is 20.7. The molecule has 0 fully saturated rings. The van der Waals surface area contributed by atoms with E-state index in [1.807, 2.05) is 6.07 Å². The van der Waals surface area contributed by atoms with Crippen LogP contribution >= 0.6 is 0 Å². The number of aliphatic hydroxyl groups excluding tert-OH is 1. The average molecular weight is 453 g/mol. The molecule has 0 aliphatic rings. The van der Waals surface area contributed by atoms with E-state index in [4.69, 9.17) is 21.9 Å². The Morgan fingerprint density at radius 2 is 1.81 bits per heavy atom. The van der Waals surface area contributed by atoms with Crippen LogP contribution < -0.4 is 28.1 Å². The largest absolute Gasteiger partial charge is 0.480 e. The van der Waals surface area contributed by atoms with Crippen LogP contribution in [0.4, 0.5) is 0 Å². The number of aliphatic hydroxyl groups is 1. The lowest BCUT2D eigenvalue weighted by Crippen LogP contribution is -2.61. The van der Waals surface area contributed by atoms with Gasteiger partial charge in [0.15, 0.2) is 5.96 Å². The Morgan fingerprint density at radius 1 is 1.19 bits per heavy atom. The first-order chi connectivity index (χ1) is 15.0. The monoisotopic (exact) mass is 452 g/mol. The molecule has 0 bridgehead atoms. The van der Waals surface area contributed by atoms with Crippen molar-refractivity contribution in [3.8, 4) is 0 Å². The normalized spacial score (nSPS) is 15.6. The number of aliphatic imine (C=N–C) groups is 1. The number of hydrogen-bond acceptors (Lipinski definition) is 9. The summed E-state index contributed by atoms with van der Waals surface area (Å²) >= 11 is 0. The molecule has 0 radical (unpaired) electrons. The zero-order chi connectivity index (χ0) is 24.3. The highest BCUT2D eigenvalue weighted by Crippen LogP contribution is 2.14. The maximum atomic E-state index is 12.5. The van der Waals surface area contributed by atoms with Crippen LogP contribution in [-0.4, -0.2) is 64.4 Å². The van der Waals surface area contributed by atoms with Crippen LogP contribution in [0, 0.1) is 0 Å². The Labute approximate surface area is 186 Å². The first-order valence-corrected chi connectivity index (χ1v) is 10.0. The minimum atomic E-state index is -1.49. The van der Waals surface area contributed by atoms with Gasteiger partial charge in [-0.2, -0.15) is 0 Å². The Bertz CT molecular complexity index is 799. The van der Waals surface area contributed by atoms with Crippen molar-refractivity contribution in [1.82, 2.24) is 10.9 Å². The lowest BCUT2D eigenvalue weighted by Gasteiger charge is -2.29. The van der Waals surface area contributed by atoms with Crippen molar-refractivity contribution in [2.24, 2.45) is 22.2 Å². The second kappa shape index (κ2) is 12.7. The molecule has 0 amide bonds. The highest BCUT2D eigenvalue weighted by molar-refractivity contribution is 5.91. The molecule has 0 aliphatic heterocycles. The molecule has 0 saturated carbocycles. The molecule has 1 rings (SSSR count). The van der Waals surface area contributed by atoms with Crippen molar-refractivity contribution in [3.05, 3.63) is 35.9 Å². The molecular formula is C20H32N6O6. The fourth-order valence-electron chi connectivity index (χ4n) is 2.61. The van der Waals surface area contributed by atoms with E-state index in [9.17, 15) is 24.6 Å². The number of carbonyl (C=O) groups is 3. The molecule has 32 heavy (non-hydrogen) atoms. The van der Waals surface area contributed by atoms with Crippen molar-refractivity contribution >= 4 is 23.9 Å². The molecule has 0 heterocycles. The summed E-state index contributed by atoms with van der Waals surface area (Å²) in [5.74, 6) is -3.37. The number of carbonyl (C=O) groups excluding carboxylic acids is 2. The van der Waals surface area contributed by atoms with Crippen LogP contribution in [0.1, 0.15) is 32.3 Å². The summed E-state index contributed by atoms with van der Waals surface area (Å²) in [6, 6.07) is 6.41. The van der Waals surface area contributed by atoms with Crippen LogP contribution in [0.5, 0.6) is 0 Å². The zero-order valence-electron chi connectivity index (χ0n) is 18.2. The summed E-state index contributed by atoms with van der Waals surface area (Å²) in [7, 11) is 0. The highest BCUT2D eigenvalue weighted by Gasteiger charge is 2.35. The Hall–Kier alpha value is -3.06. The van der Waals surface area contributed by atoms with Crippen LogP contribution in [0.3, 0.4) is 0 Å². The molecule has 4 atom stereocenters. The molecule has 0 spiro atoms. The van der Waals surface area contributed by atoms with Crippen molar-refractivity contribution in [1.29, 1.82) is 0 Å². The molecule has 1 aromatic rings. The number of esters is 2. The van der Waals surface area contributed by atoms with E-state index in [-0.39, 0.29) is 25.3 Å². The number of hydrazine groups is 1. The van der Waals surface area contributed by atoms with Gasteiger partial charge in [-0.25, -0.2) is 20.4 Å². The molecule has 0 aliphatic carbocycles. The third kappa shape index (κ3) is 8.98. The molecule has 178 valence electrons. The van der Waals surface area contributed by atoms with Crippen LogP contribution in [0.15, 0.2) is 35.3 Å². The fraction of sp³-hybridized carbons (Fsp3) is 0.500. The number of guanidine groups is 1. The number of hydrogen-bond donors (Lipinski definition) is 7. The van der Waals surface area contributed by atoms with Gasteiger partial charge in [0, 0.05) is 13.0 Å². The fourth-order valence-corrected chi connectivity index (χ4v) is 2.61. The SMILES string of the molecule is C[C@@H](O)[C@H](N)C(=O)OC(=O)[C@H](CCCN=C(N)N)NN[C@@](C)(Cc1ccccc1)C(=O)O. The molecule has 1 aromatic carbocycles. The van der Waals surface area contributed by atoms with E-state index < -0.39 is 41.6 Å². The standard InChI is InChI=1S/C20H32N6O6/c1-12(27)15(21)17(29)32-16(28)14(9-6-10-24-19(22)23)25-26-20(2,18(30)31)11-13-7-4-3-5-8-13/h3-5,7-8,12,14-15,25-27H,6,9-11,21H2,1-2H3,(H,30,31)(H4,22,23,24)/t12-,14+,15+,20+/m1/s1. The number of nitrogens with zero attached hydrogens (tertiary/aromatic N) is 1. The summed E-state index contributed by atoms with van der Waals surface area (Å²) in [4.78, 5) is 40.2. The Kier molecular flexibility index (Phi) is 10.7. The van der Waals surface area contributed by atoms with Gasteiger partial charge in [-0.1, -0.05) is 30.3 Å². The quantitative estimate of drug-likeness (QED) is 0.0450. The second-order valence-corrected chi connectivity index (χ2v) is 7.58. The van der Waals surface area contributed by atoms with Gasteiger partial charge in [0.25, 0.3) is 0 Å². The number of aliphatic carboxylic acids is 1. The van der Waals surface area contributed by atoms with Gasteiger partial charge in [0.05, 0.1) is 6.10 Å². The zero-order valence-corrected chi connectivity index (χ0v) is 18.2.